The molecule has 0 radical (unpaired) electrons. The molecule has 0 atom stereocenters. The molecule has 3 N–H and O–H groups in total. The number of halogens is 1. The van der Waals surface area contributed by atoms with Crippen LogP contribution in [-0.4, -0.2) is 44.2 Å². The van der Waals surface area contributed by atoms with E-state index in [2.05, 4.69) is 36.4 Å². The maximum atomic E-state index is 12.0. The number of aromatic nitrogens is 3. The number of carboxylic acid groups (broad SMARTS) is 1. The van der Waals surface area contributed by atoms with Gasteiger partial charge in [-0.25, -0.2) is 14.6 Å². The van der Waals surface area contributed by atoms with Gasteiger partial charge >= 0.3 is 12.0 Å². The molecule has 1 heterocycles. The van der Waals surface area contributed by atoms with Crippen molar-refractivity contribution in [2.45, 2.75) is 6.54 Å². The highest BCUT2D eigenvalue weighted by atomic mass is 79.9. The number of carbonyl (C=O) groups is 2. The number of rotatable bonds is 4. The Kier molecular flexibility index (Phi) is 4.53. The summed E-state index contributed by atoms with van der Waals surface area (Å²) in [7, 11) is 1.59. The summed E-state index contributed by atoms with van der Waals surface area (Å²) in [6.45, 7) is 0.256. The molecule has 110 valence electrons. The van der Waals surface area contributed by atoms with Gasteiger partial charge in [-0.15, -0.1) is 0 Å². The number of hydrogen-bond donors (Lipinski definition) is 3. The Labute approximate surface area is 128 Å². The van der Waals surface area contributed by atoms with E-state index in [1.807, 2.05) is 0 Å². The first-order chi connectivity index (χ1) is 9.95. The highest BCUT2D eigenvalue weighted by Crippen LogP contribution is 2.20. The highest BCUT2D eigenvalue weighted by molar-refractivity contribution is 9.10. The Bertz CT molecular complexity index is 659. The summed E-state index contributed by atoms with van der Waals surface area (Å²) >= 11 is 3.21. The zero-order valence-corrected chi connectivity index (χ0v) is 12.6. The van der Waals surface area contributed by atoms with Crippen LogP contribution in [0.5, 0.6) is 0 Å². The molecule has 0 bridgehead atoms. The molecule has 2 aromatic rings. The fourth-order valence-corrected chi connectivity index (χ4v) is 2.10. The molecule has 0 fully saturated rings. The van der Waals surface area contributed by atoms with Gasteiger partial charge in [0, 0.05) is 17.2 Å². The minimum Gasteiger partial charge on any atom is -0.478 e. The van der Waals surface area contributed by atoms with Gasteiger partial charge in [0.25, 0.3) is 0 Å². The smallest absolute Gasteiger partial charge is 0.335 e. The molecule has 1 aromatic heterocycles. The maximum Gasteiger partial charge on any atom is 0.335 e. The van der Waals surface area contributed by atoms with Gasteiger partial charge in [0.05, 0.1) is 12.1 Å². The molecule has 0 unspecified atom stereocenters. The fourth-order valence-electron chi connectivity index (χ4n) is 1.61. The molecular formula is C12H12BrN5O3. The fraction of sp³-hybridized carbons (Fsp3) is 0.167. The van der Waals surface area contributed by atoms with Crippen LogP contribution >= 0.6 is 15.9 Å². The predicted molar refractivity (Wildman–Crippen MR) is 78.0 cm³/mol. The number of hydrogen-bond acceptors (Lipinski definition) is 4. The number of benzene rings is 1. The van der Waals surface area contributed by atoms with Gasteiger partial charge < -0.3 is 15.3 Å². The second-order valence-corrected chi connectivity index (χ2v) is 5.17. The zero-order chi connectivity index (χ0) is 15.4. The first-order valence-corrected chi connectivity index (χ1v) is 6.65. The average Bonchev–Trinajstić information content (AvgIpc) is 2.90. The van der Waals surface area contributed by atoms with Crippen molar-refractivity contribution in [2.75, 3.05) is 12.4 Å². The van der Waals surface area contributed by atoms with E-state index in [1.54, 1.807) is 13.1 Å². The van der Waals surface area contributed by atoms with Gasteiger partial charge in [0.2, 0.25) is 0 Å². The molecule has 0 spiro atoms. The lowest BCUT2D eigenvalue weighted by molar-refractivity contribution is 0.0697. The summed E-state index contributed by atoms with van der Waals surface area (Å²) in [6.07, 6.45) is 1.36. The van der Waals surface area contributed by atoms with Crippen molar-refractivity contribution in [3.8, 4) is 0 Å². The summed E-state index contributed by atoms with van der Waals surface area (Å²) in [5.41, 5.74) is 0.466. The third kappa shape index (κ3) is 4.02. The number of amides is 2. The van der Waals surface area contributed by atoms with Crippen LogP contribution in [0.15, 0.2) is 29.0 Å². The van der Waals surface area contributed by atoms with Crippen molar-refractivity contribution < 1.29 is 14.7 Å². The van der Waals surface area contributed by atoms with Crippen LogP contribution in [0.3, 0.4) is 0 Å². The summed E-state index contributed by atoms with van der Waals surface area (Å²) < 4.78 is 0.565. The normalized spacial score (nSPS) is 10.2. The van der Waals surface area contributed by atoms with Crippen LogP contribution < -0.4 is 5.32 Å². The summed E-state index contributed by atoms with van der Waals surface area (Å²) in [6, 6.07) is 4.07. The Morgan fingerprint density at radius 1 is 1.43 bits per heavy atom. The van der Waals surface area contributed by atoms with E-state index in [1.165, 1.54) is 23.4 Å². The largest absolute Gasteiger partial charge is 0.478 e. The van der Waals surface area contributed by atoms with E-state index in [9.17, 15) is 9.59 Å². The molecule has 0 aliphatic rings. The lowest BCUT2D eigenvalue weighted by Gasteiger charge is -2.16. The second-order valence-electron chi connectivity index (χ2n) is 4.25. The quantitative estimate of drug-likeness (QED) is 0.777. The second kappa shape index (κ2) is 6.35. The van der Waals surface area contributed by atoms with Crippen LogP contribution in [0.25, 0.3) is 0 Å². The number of H-pyrrole nitrogens is 1. The number of anilines is 1. The van der Waals surface area contributed by atoms with Gasteiger partial charge in [-0.1, -0.05) is 15.9 Å². The van der Waals surface area contributed by atoms with E-state index >= 15 is 0 Å². The predicted octanol–water partition coefficient (Wildman–Crippen LogP) is 1.93. The third-order valence-electron chi connectivity index (χ3n) is 2.59. The number of nitrogens with one attached hydrogen (secondary N) is 2. The molecule has 2 amide bonds. The minimum absolute atomic E-state index is 0.0811. The van der Waals surface area contributed by atoms with Crippen LogP contribution in [-0.2, 0) is 6.54 Å². The number of nitrogens with zero attached hydrogens (tertiary/aromatic N) is 3. The van der Waals surface area contributed by atoms with Gasteiger partial charge in [0.15, 0.2) is 0 Å². The van der Waals surface area contributed by atoms with E-state index in [0.717, 1.165) is 0 Å². The standard InChI is InChI=1S/C12H12BrN5O3/c1-18(5-10-14-6-15-17-10)12(21)16-9-3-7(11(19)20)2-8(13)4-9/h2-4,6H,5H2,1H3,(H,16,21)(H,19,20)(H,14,15,17). The molecule has 1 aromatic carbocycles. The van der Waals surface area contributed by atoms with Crippen LogP contribution in [0, 0.1) is 0 Å². The molecule has 21 heavy (non-hydrogen) atoms. The Balaban J connectivity index is 2.06. The molecule has 0 aliphatic carbocycles. The van der Waals surface area contributed by atoms with Crippen LogP contribution in [0.1, 0.15) is 16.2 Å². The number of urea groups is 1. The number of aromatic carboxylic acids is 1. The van der Waals surface area contributed by atoms with Gasteiger partial charge in [-0.05, 0) is 18.2 Å². The van der Waals surface area contributed by atoms with Crippen molar-refractivity contribution in [1.82, 2.24) is 20.1 Å². The minimum atomic E-state index is -1.07. The van der Waals surface area contributed by atoms with Crippen molar-refractivity contribution in [2.24, 2.45) is 0 Å². The van der Waals surface area contributed by atoms with Gasteiger partial charge in [-0.3, -0.25) is 5.10 Å². The maximum absolute atomic E-state index is 12.0. The van der Waals surface area contributed by atoms with Crippen molar-refractivity contribution in [3.63, 3.8) is 0 Å². The Morgan fingerprint density at radius 3 is 2.81 bits per heavy atom. The molecule has 2 rings (SSSR count). The van der Waals surface area contributed by atoms with E-state index < -0.39 is 5.97 Å². The van der Waals surface area contributed by atoms with Crippen molar-refractivity contribution in [1.29, 1.82) is 0 Å². The molecule has 8 nitrogen and oxygen atoms in total. The lowest BCUT2D eigenvalue weighted by atomic mass is 10.2. The Hall–Kier alpha value is -2.42. The summed E-state index contributed by atoms with van der Waals surface area (Å²) in [4.78, 5) is 28.3. The van der Waals surface area contributed by atoms with Crippen LogP contribution in [0.4, 0.5) is 10.5 Å². The van der Waals surface area contributed by atoms with Crippen molar-refractivity contribution in [3.05, 3.63) is 40.4 Å². The van der Waals surface area contributed by atoms with Crippen molar-refractivity contribution >= 4 is 33.6 Å². The van der Waals surface area contributed by atoms with Gasteiger partial charge in [-0.2, -0.15) is 5.10 Å². The highest BCUT2D eigenvalue weighted by Gasteiger charge is 2.13. The van der Waals surface area contributed by atoms with E-state index in [0.29, 0.717) is 16.0 Å². The zero-order valence-electron chi connectivity index (χ0n) is 11.0. The lowest BCUT2D eigenvalue weighted by Crippen LogP contribution is -2.31. The number of carbonyl (C=O) groups excluding carboxylic acids is 1. The van der Waals surface area contributed by atoms with Crippen LogP contribution in [0.2, 0.25) is 0 Å². The first kappa shape index (κ1) is 15.0. The van der Waals surface area contributed by atoms with Gasteiger partial charge in [0.1, 0.15) is 12.2 Å². The molecular weight excluding hydrogens is 342 g/mol. The molecule has 9 heteroatoms. The first-order valence-electron chi connectivity index (χ1n) is 5.86. The molecule has 0 saturated heterocycles. The van der Waals surface area contributed by atoms with E-state index in [-0.39, 0.29) is 18.1 Å². The Morgan fingerprint density at radius 2 is 2.19 bits per heavy atom. The molecule has 0 aliphatic heterocycles. The topological polar surface area (TPSA) is 111 Å². The third-order valence-corrected chi connectivity index (χ3v) is 3.05. The van der Waals surface area contributed by atoms with E-state index in [4.69, 9.17) is 5.11 Å². The SMILES string of the molecule is CN(Cc1ncn[nH]1)C(=O)Nc1cc(Br)cc(C(=O)O)c1. The average molecular weight is 354 g/mol. The summed E-state index contributed by atoms with van der Waals surface area (Å²) in [5, 5.41) is 18.0. The molecule has 0 saturated carbocycles. The summed E-state index contributed by atoms with van der Waals surface area (Å²) in [5.74, 6) is -0.519. The number of carboxylic acids is 1. The monoisotopic (exact) mass is 353 g/mol. The number of aromatic amines is 1.